The number of thiophene rings is 1. The zero-order chi connectivity index (χ0) is 15.5. The average molecular weight is 319 g/mol. The molecule has 1 fully saturated rings. The molecule has 0 aliphatic carbocycles. The molecule has 1 aliphatic rings. The number of rotatable bonds is 4. The molecule has 0 saturated carbocycles. The fourth-order valence-corrected chi connectivity index (χ4v) is 3.29. The summed E-state index contributed by atoms with van der Waals surface area (Å²) in [7, 11) is 1.75. The average Bonchev–Trinajstić information content (AvgIpc) is 3.21. The molecule has 0 radical (unpaired) electrons. The number of carbonyl (C=O) groups excluding carboxylic acids is 2. The summed E-state index contributed by atoms with van der Waals surface area (Å²) in [5.74, 6) is 0.189. The maximum Gasteiger partial charge on any atom is 0.249 e. The minimum absolute atomic E-state index is 0.00179. The van der Waals surface area contributed by atoms with E-state index in [1.165, 1.54) is 6.33 Å². The molecule has 2 aromatic rings. The quantitative estimate of drug-likeness (QED) is 0.913. The van der Waals surface area contributed by atoms with Crippen LogP contribution in [0.1, 0.15) is 17.7 Å². The van der Waals surface area contributed by atoms with Crippen molar-refractivity contribution >= 4 is 29.1 Å². The van der Waals surface area contributed by atoms with Gasteiger partial charge in [-0.2, -0.15) is 0 Å². The molecule has 1 N–H and O–H groups in total. The standard InChI is InChI=1S/C14H17N5O2S/c1-18-9-15-17-14(18)16-13(21)11-5-2-6-19(11)12(20)8-10-4-3-7-22-10/h3-4,7,9,11H,2,5-6,8H2,1H3,(H,16,17,21). The number of nitrogens with one attached hydrogen (secondary N) is 1. The first-order valence-electron chi connectivity index (χ1n) is 7.12. The van der Waals surface area contributed by atoms with Gasteiger partial charge in [0.15, 0.2) is 0 Å². The zero-order valence-electron chi connectivity index (χ0n) is 12.2. The molecular formula is C14H17N5O2S. The van der Waals surface area contributed by atoms with Gasteiger partial charge in [-0.3, -0.25) is 14.9 Å². The molecule has 7 nitrogen and oxygen atoms in total. The molecule has 3 rings (SSSR count). The zero-order valence-corrected chi connectivity index (χ0v) is 13.0. The van der Waals surface area contributed by atoms with Gasteiger partial charge in [0.1, 0.15) is 12.4 Å². The van der Waals surface area contributed by atoms with Crippen molar-refractivity contribution in [1.29, 1.82) is 0 Å². The summed E-state index contributed by atoms with van der Waals surface area (Å²) >= 11 is 1.56. The van der Waals surface area contributed by atoms with E-state index in [2.05, 4.69) is 15.5 Å². The van der Waals surface area contributed by atoms with Crippen molar-refractivity contribution in [2.45, 2.75) is 25.3 Å². The van der Waals surface area contributed by atoms with E-state index in [0.717, 1.165) is 11.3 Å². The van der Waals surface area contributed by atoms with E-state index in [1.54, 1.807) is 27.9 Å². The summed E-state index contributed by atoms with van der Waals surface area (Å²) in [6, 6.07) is 3.44. The Morgan fingerprint density at radius 1 is 1.50 bits per heavy atom. The fourth-order valence-electron chi connectivity index (χ4n) is 2.59. The Morgan fingerprint density at radius 2 is 2.36 bits per heavy atom. The molecule has 116 valence electrons. The second kappa shape index (κ2) is 6.27. The minimum Gasteiger partial charge on any atom is -0.330 e. The van der Waals surface area contributed by atoms with Gasteiger partial charge in [0.2, 0.25) is 17.8 Å². The number of hydrogen-bond donors (Lipinski definition) is 1. The Morgan fingerprint density at radius 3 is 3.05 bits per heavy atom. The minimum atomic E-state index is -0.427. The van der Waals surface area contributed by atoms with Gasteiger partial charge in [-0.05, 0) is 24.3 Å². The molecule has 1 saturated heterocycles. The molecule has 1 atom stereocenters. The van der Waals surface area contributed by atoms with E-state index in [4.69, 9.17) is 0 Å². The lowest BCUT2D eigenvalue weighted by Crippen LogP contribution is -2.44. The number of carbonyl (C=O) groups is 2. The Labute approximate surface area is 132 Å². The van der Waals surface area contributed by atoms with Gasteiger partial charge in [-0.25, -0.2) is 0 Å². The molecular weight excluding hydrogens is 302 g/mol. The van der Waals surface area contributed by atoms with Crippen LogP contribution in [-0.2, 0) is 23.1 Å². The van der Waals surface area contributed by atoms with E-state index in [1.807, 2.05) is 17.5 Å². The molecule has 22 heavy (non-hydrogen) atoms. The van der Waals surface area contributed by atoms with Gasteiger partial charge in [0.25, 0.3) is 0 Å². The summed E-state index contributed by atoms with van der Waals surface area (Å²) in [6.45, 7) is 0.626. The van der Waals surface area contributed by atoms with E-state index in [9.17, 15) is 9.59 Å². The Kier molecular flexibility index (Phi) is 4.19. The first-order valence-corrected chi connectivity index (χ1v) is 8.00. The van der Waals surface area contributed by atoms with Crippen LogP contribution in [0.3, 0.4) is 0 Å². The third-order valence-corrected chi connectivity index (χ3v) is 4.60. The van der Waals surface area contributed by atoms with Gasteiger partial charge in [-0.1, -0.05) is 6.07 Å². The molecule has 3 heterocycles. The van der Waals surface area contributed by atoms with Gasteiger partial charge in [0.05, 0.1) is 6.42 Å². The van der Waals surface area contributed by atoms with Crippen LogP contribution in [0.4, 0.5) is 5.95 Å². The Hall–Kier alpha value is -2.22. The highest BCUT2D eigenvalue weighted by molar-refractivity contribution is 7.10. The first-order chi connectivity index (χ1) is 10.6. The molecule has 2 aromatic heterocycles. The number of aromatic nitrogens is 3. The monoisotopic (exact) mass is 319 g/mol. The third-order valence-electron chi connectivity index (χ3n) is 3.73. The topological polar surface area (TPSA) is 80.1 Å². The number of aryl methyl sites for hydroxylation is 1. The van der Waals surface area contributed by atoms with Crippen molar-refractivity contribution in [3.8, 4) is 0 Å². The van der Waals surface area contributed by atoms with Gasteiger partial charge < -0.3 is 9.47 Å². The van der Waals surface area contributed by atoms with Crippen molar-refractivity contribution in [2.75, 3.05) is 11.9 Å². The number of anilines is 1. The van der Waals surface area contributed by atoms with Crippen molar-refractivity contribution in [3.63, 3.8) is 0 Å². The summed E-state index contributed by atoms with van der Waals surface area (Å²) in [5, 5.41) is 12.2. The van der Waals surface area contributed by atoms with Crippen molar-refractivity contribution in [1.82, 2.24) is 19.7 Å². The smallest absolute Gasteiger partial charge is 0.249 e. The van der Waals surface area contributed by atoms with Crippen LogP contribution in [0, 0.1) is 0 Å². The molecule has 0 aromatic carbocycles. The van der Waals surface area contributed by atoms with Crippen LogP contribution >= 0.6 is 11.3 Å². The maximum absolute atomic E-state index is 12.4. The first kappa shape index (κ1) is 14.7. The van der Waals surface area contributed by atoms with Crippen LogP contribution in [-0.4, -0.2) is 44.1 Å². The highest BCUT2D eigenvalue weighted by Gasteiger charge is 2.34. The van der Waals surface area contributed by atoms with Gasteiger partial charge >= 0.3 is 0 Å². The van der Waals surface area contributed by atoms with E-state index in [0.29, 0.717) is 25.3 Å². The predicted molar refractivity (Wildman–Crippen MR) is 82.4 cm³/mol. The Balaban J connectivity index is 1.66. The number of nitrogens with zero attached hydrogens (tertiary/aromatic N) is 4. The SMILES string of the molecule is Cn1cnnc1NC(=O)C1CCCN1C(=O)Cc1cccs1. The van der Waals surface area contributed by atoms with E-state index < -0.39 is 6.04 Å². The highest BCUT2D eigenvalue weighted by atomic mass is 32.1. The lowest BCUT2D eigenvalue weighted by atomic mass is 10.2. The highest BCUT2D eigenvalue weighted by Crippen LogP contribution is 2.21. The van der Waals surface area contributed by atoms with Crippen LogP contribution in [0.5, 0.6) is 0 Å². The van der Waals surface area contributed by atoms with Crippen LogP contribution < -0.4 is 5.32 Å². The second-order valence-electron chi connectivity index (χ2n) is 5.26. The summed E-state index contributed by atoms with van der Waals surface area (Å²) in [4.78, 5) is 27.5. The van der Waals surface area contributed by atoms with Crippen LogP contribution in [0.25, 0.3) is 0 Å². The van der Waals surface area contributed by atoms with E-state index >= 15 is 0 Å². The maximum atomic E-state index is 12.4. The third kappa shape index (κ3) is 3.01. The molecule has 0 bridgehead atoms. The fraction of sp³-hybridized carbons (Fsp3) is 0.429. The molecule has 1 unspecified atom stereocenters. The molecule has 1 aliphatic heterocycles. The largest absolute Gasteiger partial charge is 0.330 e. The Bertz CT molecular complexity index is 667. The number of hydrogen-bond acceptors (Lipinski definition) is 5. The predicted octanol–water partition coefficient (Wildman–Crippen LogP) is 1.05. The lowest BCUT2D eigenvalue weighted by molar-refractivity contribution is -0.136. The van der Waals surface area contributed by atoms with E-state index in [-0.39, 0.29) is 11.8 Å². The molecule has 8 heteroatoms. The van der Waals surface area contributed by atoms with Crippen LogP contribution in [0.15, 0.2) is 23.8 Å². The number of amides is 2. The second-order valence-corrected chi connectivity index (χ2v) is 6.29. The van der Waals surface area contributed by atoms with Gasteiger partial charge in [-0.15, -0.1) is 21.5 Å². The number of likely N-dealkylation sites (tertiary alicyclic amines) is 1. The van der Waals surface area contributed by atoms with Crippen molar-refractivity contribution in [3.05, 3.63) is 28.7 Å². The molecule has 2 amide bonds. The summed E-state index contributed by atoms with van der Waals surface area (Å²) < 4.78 is 1.63. The van der Waals surface area contributed by atoms with Crippen molar-refractivity contribution in [2.24, 2.45) is 7.05 Å². The molecule has 0 spiro atoms. The van der Waals surface area contributed by atoms with Crippen molar-refractivity contribution < 1.29 is 9.59 Å². The van der Waals surface area contributed by atoms with Gasteiger partial charge in [0, 0.05) is 18.5 Å². The van der Waals surface area contributed by atoms with Crippen LogP contribution in [0.2, 0.25) is 0 Å². The normalized spacial score (nSPS) is 17.7. The summed E-state index contributed by atoms with van der Waals surface area (Å²) in [6.07, 6.45) is 3.39. The summed E-state index contributed by atoms with van der Waals surface area (Å²) in [5.41, 5.74) is 0. The lowest BCUT2D eigenvalue weighted by Gasteiger charge is -2.23.